The van der Waals surface area contributed by atoms with Crippen molar-refractivity contribution in [3.63, 3.8) is 0 Å². The highest BCUT2D eigenvalue weighted by Gasteiger charge is 2.18. The Balaban J connectivity index is 1.71. The topological polar surface area (TPSA) is 46.9 Å². The molecule has 2 aromatic carbocycles. The molecule has 4 nitrogen and oxygen atoms in total. The molecule has 0 radical (unpaired) electrons. The second kappa shape index (κ2) is 9.55. The van der Waals surface area contributed by atoms with Crippen LogP contribution in [-0.4, -0.2) is 15.7 Å². The summed E-state index contributed by atoms with van der Waals surface area (Å²) in [5, 5.41) is 7.90. The van der Waals surface area contributed by atoms with Crippen molar-refractivity contribution in [2.45, 2.75) is 53.1 Å². The van der Waals surface area contributed by atoms with Crippen LogP contribution in [-0.2, 0) is 17.8 Å². The van der Waals surface area contributed by atoms with Gasteiger partial charge in [-0.15, -0.1) is 0 Å². The van der Waals surface area contributed by atoms with Crippen LogP contribution in [0.25, 0.3) is 0 Å². The molecule has 1 heterocycles. The molecule has 3 rings (SSSR count). The third-order valence-electron chi connectivity index (χ3n) is 5.24. The van der Waals surface area contributed by atoms with Crippen LogP contribution in [0, 0.1) is 19.8 Å². The molecule has 0 aliphatic carbocycles. The third kappa shape index (κ3) is 5.35. The van der Waals surface area contributed by atoms with Crippen LogP contribution in [0.3, 0.4) is 0 Å². The Morgan fingerprint density at radius 2 is 1.52 bits per heavy atom. The number of hydrogen-bond donors (Lipinski definition) is 1. The van der Waals surface area contributed by atoms with Gasteiger partial charge in [0.15, 0.2) is 0 Å². The molecule has 0 bridgehead atoms. The van der Waals surface area contributed by atoms with Gasteiger partial charge < -0.3 is 5.32 Å². The molecule has 29 heavy (non-hydrogen) atoms. The van der Waals surface area contributed by atoms with Crippen LogP contribution in [0.4, 0.5) is 0 Å². The Labute approximate surface area is 174 Å². The van der Waals surface area contributed by atoms with Crippen molar-refractivity contribution in [3.8, 4) is 0 Å². The molecular weight excluding hydrogens is 358 g/mol. The van der Waals surface area contributed by atoms with Crippen molar-refractivity contribution in [2.75, 3.05) is 0 Å². The molecule has 0 aliphatic rings. The average molecular weight is 390 g/mol. The molecule has 0 fully saturated rings. The highest BCUT2D eigenvalue weighted by molar-refractivity contribution is 5.77. The minimum atomic E-state index is -0.143. The van der Waals surface area contributed by atoms with Crippen molar-refractivity contribution in [1.29, 1.82) is 0 Å². The van der Waals surface area contributed by atoms with E-state index in [9.17, 15) is 4.79 Å². The van der Waals surface area contributed by atoms with Crippen LogP contribution in [0.2, 0.25) is 0 Å². The van der Waals surface area contributed by atoms with E-state index in [0.29, 0.717) is 18.8 Å². The van der Waals surface area contributed by atoms with Gasteiger partial charge in [0, 0.05) is 18.7 Å². The van der Waals surface area contributed by atoms with Gasteiger partial charge >= 0.3 is 0 Å². The zero-order valence-corrected chi connectivity index (χ0v) is 17.9. The first-order valence-electron chi connectivity index (χ1n) is 10.4. The summed E-state index contributed by atoms with van der Waals surface area (Å²) >= 11 is 0. The Hall–Kier alpha value is -2.88. The number of amides is 1. The fraction of sp³-hybridized carbons (Fsp3) is 0.360. The van der Waals surface area contributed by atoms with E-state index in [1.54, 1.807) is 0 Å². The van der Waals surface area contributed by atoms with Gasteiger partial charge in [-0.2, -0.15) is 5.10 Å². The quantitative estimate of drug-likeness (QED) is 0.590. The number of nitrogens with zero attached hydrogens (tertiary/aromatic N) is 2. The molecule has 0 saturated heterocycles. The molecule has 152 valence electrons. The molecular formula is C25H31N3O. The third-order valence-corrected chi connectivity index (χ3v) is 5.24. The summed E-state index contributed by atoms with van der Waals surface area (Å²) in [4.78, 5) is 12.8. The summed E-state index contributed by atoms with van der Waals surface area (Å²) in [7, 11) is 0. The smallest absolute Gasteiger partial charge is 0.221 e. The van der Waals surface area contributed by atoms with E-state index < -0.39 is 0 Å². The summed E-state index contributed by atoms with van der Waals surface area (Å²) in [6, 6.07) is 20.1. The maximum absolute atomic E-state index is 12.8. The van der Waals surface area contributed by atoms with Gasteiger partial charge in [0.05, 0.1) is 11.7 Å². The number of benzene rings is 2. The first-order chi connectivity index (χ1) is 14.0. The van der Waals surface area contributed by atoms with Crippen LogP contribution in [0.1, 0.15) is 54.4 Å². The van der Waals surface area contributed by atoms with Crippen molar-refractivity contribution in [2.24, 2.45) is 5.92 Å². The predicted octanol–water partition coefficient (Wildman–Crippen LogP) is 4.99. The molecule has 1 amide bonds. The van der Waals surface area contributed by atoms with Gasteiger partial charge in [-0.05, 0) is 42.9 Å². The van der Waals surface area contributed by atoms with Gasteiger partial charge in [0.1, 0.15) is 0 Å². The molecule has 1 N–H and O–H groups in total. The zero-order chi connectivity index (χ0) is 20.8. The van der Waals surface area contributed by atoms with Gasteiger partial charge in [-0.1, -0.05) is 74.5 Å². The summed E-state index contributed by atoms with van der Waals surface area (Å²) in [6.07, 6.45) is 1.16. The van der Waals surface area contributed by atoms with Crippen LogP contribution in [0.15, 0.2) is 60.7 Å². The molecule has 0 spiro atoms. The number of nitrogens with one attached hydrogen (secondary N) is 1. The lowest BCUT2D eigenvalue weighted by molar-refractivity contribution is -0.121. The number of carbonyl (C=O) groups excluding carboxylic acids is 1. The fourth-order valence-corrected chi connectivity index (χ4v) is 3.74. The maximum atomic E-state index is 12.8. The predicted molar refractivity (Wildman–Crippen MR) is 118 cm³/mol. The summed E-state index contributed by atoms with van der Waals surface area (Å²) < 4.78 is 2.07. The normalized spacial score (nSPS) is 11.2. The van der Waals surface area contributed by atoms with Crippen LogP contribution in [0.5, 0.6) is 0 Å². The molecule has 0 unspecified atom stereocenters. The zero-order valence-electron chi connectivity index (χ0n) is 17.9. The molecule has 3 aromatic rings. The number of aryl methyl sites for hydroxylation is 1. The lowest BCUT2D eigenvalue weighted by Crippen LogP contribution is -2.29. The van der Waals surface area contributed by atoms with Gasteiger partial charge in [-0.3, -0.25) is 9.48 Å². The molecule has 4 heteroatoms. The van der Waals surface area contributed by atoms with E-state index in [-0.39, 0.29) is 11.9 Å². The van der Waals surface area contributed by atoms with Crippen LogP contribution < -0.4 is 5.32 Å². The standard InChI is InChI=1S/C25H31N3O/c1-18(2)17-28-20(4)23(19(3)27-28)15-16-24(29)26-25(21-11-7-5-8-12-21)22-13-9-6-10-14-22/h5-14,18,25H,15-17H2,1-4H3,(H,26,29). The van der Waals surface area contributed by atoms with Gasteiger partial charge in [-0.25, -0.2) is 0 Å². The fourth-order valence-electron chi connectivity index (χ4n) is 3.74. The van der Waals surface area contributed by atoms with E-state index >= 15 is 0 Å². The van der Waals surface area contributed by atoms with Gasteiger partial charge in [0.25, 0.3) is 0 Å². The summed E-state index contributed by atoms with van der Waals surface area (Å²) in [5.41, 5.74) is 5.57. The van der Waals surface area contributed by atoms with Crippen molar-refractivity contribution < 1.29 is 4.79 Å². The number of carbonyl (C=O) groups is 1. The SMILES string of the molecule is Cc1nn(CC(C)C)c(C)c1CCC(=O)NC(c1ccccc1)c1ccccc1. The average Bonchev–Trinajstić information content (AvgIpc) is 2.98. The molecule has 0 atom stereocenters. The van der Waals surface area contributed by atoms with E-state index in [1.165, 1.54) is 11.3 Å². The largest absolute Gasteiger partial charge is 0.345 e. The van der Waals surface area contributed by atoms with Crippen LogP contribution >= 0.6 is 0 Å². The second-order valence-corrected chi connectivity index (χ2v) is 8.05. The monoisotopic (exact) mass is 389 g/mol. The molecule has 0 aliphatic heterocycles. The van der Waals surface area contributed by atoms with Crippen molar-refractivity contribution >= 4 is 5.91 Å². The lowest BCUT2D eigenvalue weighted by Gasteiger charge is -2.20. The molecule has 0 saturated carbocycles. The maximum Gasteiger partial charge on any atom is 0.221 e. The Kier molecular flexibility index (Phi) is 6.86. The molecule has 1 aromatic heterocycles. The van der Waals surface area contributed by atoms with E-state index in [4.69, 9.17) is 0 Å². The highest BCUT2D eigenvalue weighted by atomic mass is 16.1. The Bertz CT molecular complexity index is 890. The van der Waals surface area contributed by atoms with Crippen molar-refractivity contribution in [3.05, 3.63) is 88.7 Å². The number of aromatic nitrogens is 2. The Morgan fingerprint density at radius 1 is 0.966 bits per heavy atom. The minimum Gasteiger partial charge on any atom is -0.345 e. The first kappa shape index (κ1) is 20.8. The first-order valence-corrected chi connectivity index (χ1v) is 10.4. The highest BCUT2D eigenvalue weighted by Crippen LogP contribution is 2.22. The summed E-state index contributed by atoms with van der Waals surface area (Å²) in [6.45, 7) is 9.43. The second-order valence-electron chi connectivity index (χ2n) is 8.05. The Morgan fingerprint density at radius 3 is 2.03 bits per heavy atom. The number of rotatable bonds is 8. The minimum absolute atomic E-state index is 0.0538. The van der Waals surface area contributed by atoms with E-state index in [1.807, 2.05) is 43.3 Å². The lowest BCUT2D eigenvalue weighted by atomic mass is 9.98. The van der Waals surface area contributed by atoms with Crippen molar-refractivity contribution in [1.82, 2.24) is 15.1 Å². The van der Waals surface area contributed by atoms with E-state index in [2.05, 4.69) is 60.1 Å². The van der Waals surface area contributed by atoms with E-state index in [0.717, 1.165) is 23.4 Å². The summed E-state index contributed by atoms with van der Waals surface area (Å²) in [5.74, 6) is 0.597. The van der Waals surface area contributed by atoms with Gasteiger partial charge in [0.2, 0.25) is 5.91 Å². The number of hydrogen-bond acceptors (Lipinski definition) is 2.